The predicted octanol–water partition coefficient (Wildman–Crippen LogP) is 14.5. The van der Waals surface area contributed by atoms with E-state index in [0.717, 1.165) is 96.3 Å². The van der Waals surface area contributed by atoms with Gasteiger partial charge in [-0.25, -0.2) is 0 Å². The van der Waals surface area contributed by atoms with Crippen LogP contribution in [0, 0.1) is 0 Å². The van der Waals surface area contributed by atoms with Gasteiger partial charge in [0.15, 0.2) is 6.10 Å². The molecule has 0 bridgehead atoms. The second-order valence-corrected chi connectivity index (χ2v) is 19.2. The summed E-state index contributed by atoms with van der Waals surface area (Å²) in [5.74, 6) is -0.862. The second-order valence-electron chi connectivity index (χ2n) is 17.8. The Morgan fingerprint density at radius 1 is 0.500 bits per heavy atom. The normalized spacial score (nSPS) is 14.2. The van der Waals surface area contributed by atoms with Gasteiger partial charge >= 0.3 is 11.9 Å². The molecular formula is C54H94NO8P. The number of hydrogen-bond acceptors (Lipinski definition) is 8. The molecule has 0 spiro atoms. The lowest BCUT2D eigenvalue weighted by Gasteiger charge is -2.28. The van der Waals surface area contributed by atoms with Crippen LogP contribution >= 0.6 is 7.82 Å². The molecule has 0 fully saturated rings. The second kappa shape index (κ2) is 45.4. The van der Waals surface area contributed by atoms with Crippen molar-refractivity contribution >= 4 is 19.8 Å². The van der Waals surface area contributed by atoms with Gasteiger partial charge in [0, 0.05) is 12.8 Å². The van der Waals surface area contributed by atoms with Crippen LogP contribution < -0.4 is 4.89 Å². The first kappa shape index (κ1) is 61.2. The number of carbonyl (C=O) groups excluding carboxylic acids is 2. The van der Waals surface area contributed by atoms with Crippen molar-refractivity contribution in [2.45, 2.75) is 200 Å². The van der Waals surface area contributed by atoms with Crippen LogP contribution in [-0.2, 0) is 32.7 Å². The lowest BCUT2D eigenvalue weighted by atomic mass is 10.1. The number of likely N-dealkylation sites (N-methyl/N-ethyl adjacent to an activating group) is 1. The van der Waals surface area contributed by atoms with Gasteiger partial charge in [-0.15, -0.1) is 0 Å². The number of ether oxygens (including phenoxy) is 2. The Bertz CT molecular complexity index is 1360. The maximum atomic E-state index is 12.7. The Kier molecular flexibility index (Phi) is 43.4. The molecule has 0 amide bonds. The van der Waals surface area contributed by atoms with E-state index in [4.69, 9.17) is 18.5 Å². The molecule has 368 valence electrons. The zero-order valence-electron chi connectivity index (χ0n) is 41.4. The summed E-state index contributed by atoms with van der Waals surface area (Å²) in [6.45, 7) is 4.06. The Hall–Kier alpha value is -2.81. The summed E-state index contributed by atoms with van der Waals surface area (Å²) in [5.41, 5.74) is 0. The van der Waals surface area contributed by atoms with Crippen LogP contribution in [0.3, 0.4) is 0 Å². The third-order valence-electron chi connectivity index (χ3n) is 10.4. The van der Waals surface area contributed by atoms with E-state index in [0.29, 0.717) is 23.9 Å². The molecule has 0 aromatic rings. The third-order valence-corrected chi connectivity index (χ3v) is 11.4. The SMILES string of the molecule is CC/C=C\C/C=C\C/C=C\C/C=C\C/C=C\CCCCCCCCCCCC(=O)OC(COC(=O)CCCCCCC/C=C\C/C=C\CCCCC)COP(=O)([O-])OCC[N+](C)(C)C. The van der Waals surface area contributed by atoms with E-state index >= 15 is 0 Å². The fourth-order valence-corrected chi connectivity index (χ4v) is 7.20. The number of rotatable bonds is 45. The molecule has 10 heteroatoms. The minimum atomic E-state index is -4.64. The summed E-state index contributed by atoms with van der Waals surface area (Å²) in [4.78, 5) is 37.7. The van der Waals surface area contributed by atoms with E-state index in [1.165, 1.54) is 57.8 Å². The molecule has 0 aliphatic heterocycles. The van der Waals surface area contributed by atoms with Crippen molar-refractivity contribution in [3.8, 4) is 0 Å². The molecule has 0 rings (SSSR count). The fraction of sp³-hybridized carbons (Fsp3) is 0.704. The van der Waals surface area contributed by atoms with Gasteiger partial charge in [0.2, 0.25) is 0 Å². The highest BCUT2D eigenvalue weighted by molar-refractivity contribution is 7.45. The molecule has 9 nitrogen and oxygen atoms in total. The number of phosphoric acid groups is 1. The minimum Gasteiger partial charge on any atom is -0.756 e. The van der Waals surface area contributed by atoms with Gasteiger partial charge in [0.1, 0.15) is 19.8 Å². The van der Waals surface area contributed by atoms with Crippen molar-refractivity contribution < 1.29 is 42.1 Å². The summed E-state index contributed by atoms with van der Waals surface area (Å²) in [6, 6.07) is 0. The van der Waals surface area contributed by atoms with E-state index in [9.17, 15) is 19.0 Å². The Balaban J connectivity index is 4.28. The van der Waals surface area contributed by atoms with Crippen molar-refractivity contribution in [2.24, 2.45) is 0 Å². The fourth-order valence-electron chi connectivity index (χ4n) is 6.48. The van der Waals surface area contributed by atoms with E-state index < -0.39 is 32.5 Å². The third kappa shape index (κ3) is 48.6. The zero-order chi connectivity index (χ0) is 47.1. The van der Waals surface area contributed by atoms with Crippen molar-refractivity contribution in [3.05, 3.63) is 85.1 Å². The number of quaternary nitrogens is 1. The molecule has 2 atom stereocenters. The predicted molar refractivity (Wildman–Crippen MR) is 268 cm³/mol. The van der Waals surface area contributed by atoms with E-state index in [1.807, 2.05) is 21.1 Å². The highest BCUT2D eigenvalue weighted by Gasteiger charge is 2.21. The van der Waals surface area contributed by atoms with Crippen LogP contribution in [0.2, 0.25) is 0 Å². The van der Waals surface area contributed by atoms with Gasteiger partial charge in [-0.3, -0.25) is 14.2 Å². The van der Waals surface area contributed by atoms with Gasteiger partial charge in [0.25, 0.3) is 7.82 Å². The summed E-state index contributed by atoms with van der Waals surface area (Å²) in [5, 5.41) is 0. The summed E-state index contributed by atoms with van der Waals surface area (Å²) in [6.07, 6.45) is 58.9. The molecule has 0 aliphatic carbocycles. The Morgan fingerprint density at radius 2 is 0.891 bits per heavy atom. The topological polar surface area (TPSA) is 111 Å². The van der Waals surface area contributed by atoms with Crippen molar-refractivity contribution in [1.29, 1.82) is 0 Å². The number of hydrogen-bond donors (Lipinski definition) is 0. The van der Waals surface area contributed by atoms with Gasteiger partial charge < -0.3 is 27.9 Å². The molecule has 64 heavy (non-hydrogen) atoms. The van der Waals surface area contributed by atoms with Gasteiger partial charge in [0.05, 0.1) is 27.7 Å². The average molecular weight is 916 g/mol. The minimum absolute atomic E-state index is 0.0386. The number of nitrogens with zero attached hydrogens (tertiary/aromatic N) is 1. The monoisotopic (exact) mass is 916 g/mol. The molecule has 2 unspecified atom stereocenters. The highest BCUT2D eigenvalue weighted by atomic mass is 31.2. The molecule has 0 aliphatic rings. The standard InChI is InChI=1S/C54H94NO8P/c1-6-8-10-12-14-16-18-20-22-23-24-25-26-27-28-29-30-31-33-35-37-39-41-43-45-47-54(57)63-52(51-62-64(58,59)61-49-48-55(3,4)5)50-60-53(56)46-44-42-40-38-36-34-32-21-19-17-15-13-11-9-7-2/h8,10,14-17,20-22,24-25,27-28,32,52H,6-7,9,11-13,18-19,23,26,29-31,33-51H2,1-5H3/b10-8-,16-14-,17-15-,22-20-,25-24-,28-27-,32-21-. The summed E-state index contributed by atoms with van der Waals surface area (Å²) >= 11 is 0. The first-order valence-electron chi connectivity index (χ1n) is 25.3. The Morgan fingerprint density at radius 3 is 1.33 bits per heavy atom. The van der Waals surface area contributed by atoms with E-state index in [2.05, 4.69) is 98.9 Å². The number of carbonyl (C=O) groups is 2. The molecule has 0 radical (unpaired) electrons. The maximum absolute atomic E-state index is 12.7. The Labute approximate surface area is 392 Å². The lowest BCUT2D eigenvalue weighted by molar-refractivity contribution is -0.870. The van der Waals surface area contributed by atoms with Crippen LogP contribution in [0.1, 0.15) is 194 Å². The van der Waals surface area contributed by atoms with Crippen molar-refractivity contribution in [1.82, 2.24) is 0 Å². The number of allylic oxidation sites excluding steroid dienone is 14. The zero-order valence-corrected chi connectivity index (χ0v) is 42.3. The van der Waals surface area contributed by atoms with Crippen molar-refractivity contribution in [2.75, 3.05) is 47.5 Å². The van der Waals surface area contributed by atoms with Crippen LogP contribution in [0.15, 0.2) is 85.1 Å². The lowest BCUT2D eigenvalue weighted by Crippen LogP contribution is -2.37. The molecule has 0 N–H and O–H groups in total. The van der Waals surface area contributed by atoms with Crippen LogP contribution in [0.5, 0.6) is 0 Å². The first-order chi connectivity index (χ1) is 31.0. The average Bonchev–Trinajstić information content (AvgIpc) is 3.25. The van der Waals surface area contributed by atoms with Gasteiger partial charge in [-0.2, -0.15) is 0 Å². The molecule has 0 saturated carbocycles. The smallest absolute Gasteiger partial charge is 0.306 e. The van der Waals surface area contributed by atoms with Crippen LogP contribution in [0.25, 0.3) is 0 Å². The van der Waals surface area contributed by atoms with Gasteiger partial charge in [-0.05, 0) is 89.9 Å². The van der Waals surface area contributed by atoms with Crippen LogP contribution in [0.4, 0.5) is 0 Å². The molecule has 0 heterocycles. The summed E-state index contributed by atoms with van der Waals surface area (Å²) < 4.78 is 34.0. The van der Waals surface area contributed by atoms with Crippen molar-refractivity contribution in [3.63, 3.8) is 0 Å². The maximum Gasteiger partial charge on any atom is 0.306 e. The quantitative estimate of drug-likeness (QED) is 0.0195. The van der Waals surface area contributed by atoms with E-state index in [1.54, 1.807) is 0 Å². The number of phosphoric ester groups is 1. The van der Waals surface area contributed by atoms with E-state index in [-0.39, 0.29) is 26.1 Å². The van der Waals surface area contributed by atoms with Crippen LogP contribution in [-0.4, -0.2) is 70.0 Å². The molecular weight excluding hydrogens is 822 g/mol. The highest BCUT2D eigenvalue weighted by Crippen LogP contribution is 2.38. The number of esters is 2. The van der Waals surface area contributed by atoms with Gasteiger partial charge in [-0.1, -0.05) is 176 Å². The first-order valence-corrected chi connectivity index (χ1v) is 26.8. The largest absolute Gasteiger partial charge is 0.756 e. The number of unbranched alkanes of at least 4 members (excludes halogenated alkanes) is 17. The molecule has 0 aromatic carbocycles. The molecule has 0 saturated heterocycles. The summed E-state index contributed by atoms with van der Waals surface area (Å²) in [7, 11) is 1.14. The molecule has 0 aromatic heterocycles.